The van der Waals surface area contributed by atoms with Crippen LogP contribution in [0.3, 0.4) is 0 Å². The quantitative estimate of drug-likeness (QED) is 0.799. The molecule has 0 saturated heterocycles. The molecule has 98 valence electrons. The molecule has 0 aliphatic heterocycles. The van der Waals surface area contributed by atoms with Gasteiger partial charge in [-0.25, -0.2) is 0 Å². The van der Waals surface area contributed by atoms with E-state index in [-0.39, 0.29) is 4.99 Å². The Bertz CT molecular complexity index is 645. The summed E-state index contributed by atoms with van der Waals surface area (Å²) in [5.74, 6) is 1.31. The zero-order valence-corrected chi connectivity index (χ0v) is 13.3. The first-order valence-electron chi connectivity index (χ1n) is 5.51. The van der Waals surface area contributed by atoms with E-state index in [1.807, 2.05) is 31.2 Å². The summed E-state index contributed by atoms with van der Waals surface area (Å²) in [5, 5.41) is 0.705. The molecule has 19 heavy (non-hydrogen) atoms. The highest BCUT2D eigenvalue weighted by molar-refractivity contribution is 9.10. The van der Waals surface area contributed by atoms with E-state index in [9.17, 15) is 0 Å². The van der Waals surface area contributed by atoms with Gasteiger partial charge < -0.3 is 10.5 Å². The number of hydrogen-bond acceptors (Lipinski definition) is 2. The second kappa shape index (κ2) is 5.90. The zero-order chi connectivity index (χ0) is 14.0. The van der Waals surface area contributed by atoms with Crippen LogP contribution in [-0.4, -0.2) is 4.99 Å². The second-order valence-corrected chi connectivity index (χ2v) is 5.69. The molecule has 2 rings (SSSR count). The molecule has 0 aliphatic rings. The van der Waals surface area contributed by atoms with E-state index in [4.69, 9.17) is 34.3 Å². The lowest BCUT2D eigenvalue weighted by molar-refractivity contribution is 0.481. The predicted octanol–water partition coefficient (Wildman–Crippen LogP) is 4.84. The lowest BCUT2D eigenvalue weighted by atomic mass is 10.2. The zero-order valence-electron chi connectivity index (χ0n) is 10.1. The van der Waals surface area contributed by atoms with Crippen molar-refractivity contribution in [3.05, 3.63) is 57.0 Å². The number of thiocarbonyl (C=S) groups is 1. The summed E-state index contributed by atoms with van der Waals surface area (Å²) in [6.45, 7) is 1.92. The summed E-state index contributed by atoms with van der Waals surface area (Å²) in [6, 6.07) is 11.0. The van der Waals surface area contributed by atoms with Crippen LogP contribution in [0, 0.1) is 6.92 Å². The molecule has 0 radical (unpaired) electrons. The van der Waals surface area contributed by atoms with Crippen molar-refractivity contribution in [1.29, 1.82) is 0 Å². The highest BCUT2D eigenvalue weighted by Crippen LogP contribution is 2.32. The van der Waals surface area contributed by atoms with Crippen molar-refractivity contribution in [2.24, 2.45) is 5.73 Å². The molecule has 0 fully saturated rings. The molecule has 0 unspecified atom stereocenters. The van der Waals surface area contributed by atoms with Crippen molar-refractivity contribution < 1.29 is 4.74 Å². The van der Waals surface area contributed by atoms with Crippen molar-refractivity contribution in [2.75, 3.05) is 0 Å². The largest absolute Gasteiger partial charge is 0.457 e. The summed E-state index contributed by atoms with van der Waals surface area (Å²) >= 11 is 14.5. The van der Waals surface area contributed by atoms with Crippen LogP contribution in [0.5, 0.6) is 11.5 Å². The molecule has 5 heteroatoms. The van der Waals surface area contributed by atoms with Gasteiger partial charge in [0.2, 0.25) is 0 Å². The van der Waals surface area contributed by atoms with Gasteiger partial charge in [0.25, 0.3) is 0 Å². The maximum absolute atomic E-state index is 5.99. The molecule has 0 atom stereocenters. The fourth-order valence-corrected chi connectivity index (χ4v) is 2.66. The Morgan fingerprint density at radius 1 is 1.32 bits per heavy atom. The summed E-state index contributed by atoms with van der Waals surface area (Å²) in [5.41, 5.74) is 7.36. The third-order valence-corrected chi connectivity index (χ3v) is 3.87. The van der Waals surface area contributed by atoms with Crippen LogP contribution in [0.2, 0.25) is 5.02 Å². The van der Waals surface area contributed by atoms with Gasteiger partial charge in [-0.1, -0.05) is 29.9 Å². The van der Waals surface area contributed by atoms with Gasteiger partial charge in [-0.15, -0.1) is 0 Å². The predicted molar refractivity (Wildman–Crippen MR) is 86.3 cm³/mol. The number of nitrogens with two attached hydrogens (primary N) is 1. The molecule has 0 bridgehead atoms. The van der Waals surface area contributed by atoms with Gasteiger partial charge in [0.1, 0.15) is 16.5 Å². The van der Waals surface area contributed by atoms with E-state index in [0.717, 1.165) is 10.0 Å². The van der Waals surface area contributed by atoms with E-state index in [1.54, 1.807) is 12.1 Å². The van der Waals surface area contributed by atoms with Crippen LogP contribution in [0.25, 0.3) is 0 Å². The first-order chi connectivity index (χ1) is 8.99. The lowest BCUT2D eigenvalue weighted by Gasteiger charge is -2.12. The highest BCUT2D eigenvalue weighted by atomic mass is 79.9. The van der Waals surface area contributed by atoms with E-state index < -0.39 is 0 Å². The van der Waals surface area contributed by atoms with Crippen molar-refractivity contribution in [2.45, 2.75) is 6.92 Å². The fraction of sp³-hybridized carbons (Fsp3) is 0.0714. The number of ether oxygens (including phenoxy) is 1. The maximum Gasteiger partial charge on any atom is 0.138 e. The minimum Gasteiger partial charge on any atom is -0.457 e. The van der Waals surface area contributed by atoms with Gasteiger partial charge in [-0.05, 0) is 58.7 Å². The molecule has 0 aromatic heterocycles. The summed E-state index contributed by atoms with van der Waals surface area (Å²) in [6.07, 6.45) is 0. The van der Waals surface area contributed by atoms with Crippen LogP contribution in [0.4, 0.5) is 0 Å². The van der Waals surface area contributed by atoms with Crippen molar-refractivity contribution in [3.8, 4) is 11.5 Å². The van der Waals surface area contributed by atoms with Gasteiger partial charge in [-0.2, -0.15) is 0 Å². The van der Waals surface area contributed by atoms with Crippen LogP contribution in [0.15, 0.2) is 40.9 Å². The van der Waals surface area contributed by atoms with Gasteiger partial charge >= 0.3 is 0 Å². The van der Waals surface area contributed by atoms with Gasteiger partial charge in [0, 0.05) is 9.50 Å². The average molecular weight is 357 g/mol. The Hall–Kier alpha value is -1.10. The topological polar surface area (TPSA) is 35.2 Å². The summed E-state index contributed by atoms with van der Waals surface area (Å²) < 4.78 is 6.64. The Labute approximate surface area is 130 Å². The van der Waals surface area contributed by atoms with Crippen molar-refractivity contribution in [3.63, 3.8) is 0 Å². The van der Waals surface area contributed by atoms with Crippen molar-refractivity contribution in [1.82, 2.24) is 0 Å². The molecule has 0 amide bonds. The smallest absolute Gasteiger partial charge is 0.138 e. The van der Waals surface area contributed by atoms with Gasteiger partial charge in [-0.3, -0.25) is 0 Å². The Kier molecular flexibility index (Phi) is 4.45. The molecule has 0 aliphatic carbocycles. The summed E-state index contributed by atoms with van der Waals surface area (Å²) in [4.78, 5) is 0.285. The monoisotopic (exact) mass is 355 g/mol. The molecular weight excluding hydrogens is 346 g/mol. The molecule has 0 saturated carbocycles. The average Bonchev–Trinajstić information content (AvgIpc) is 2.33. The van der Waals surface area contributed by atoms with Gasteiger partial charge in [0.15, 0.2) is 0 Å². The molecule has 2 N–H and O–H groups in total. The molecule has 2 aromatic rings. The van der Waals surface area contributed by atoms with Crippen LogP contribution in [0.1, 0.15) is 11.1 Å². The van der Waals surface area contributed by atoms with Crippen LogP contribution >= 0.6 is 39.7 Å². The fourth-order valence-electron chi connectivity index (χ4n) is 1.64. The number of aryl methyl sites for hydroxylation is 1. The third-order valence-electron chi connectivity index (χ3n) is 2.58. The molecule has 0 spiro atoms. The van der Waals surface area contributed by atoms with E-state index in [2.05, 4.69) is 15.9 Å². The summed E-state index contributed by atoms with van der Waals surface area (Å²) in [7, 11) is 0. The molecule has 0 heterocycles. The lowest BCUT2D eigenvalue weighted by Crippen LogP contribution is -2.11. The standard InChI is InChI=1S/C14H11BrClNOS/c1-8-7-9(5-6-11(8)16)18-12-4-2-3-10(15)13(12)14(17)19/h2-7H,1H3,(H2,17,19). The third kappa shape index (κ3) is 3.26. The molecule has 2 aromatic carbocycles. The van der Waals surface area contributed by atoms with E-state index in [0.29, 0.717) is 22.1 Å². The Morgan fingerprint density at radius 3 is 2.68 bits per heavy atom. The number of rotatable bonds is 3. The SMILES string of the molecule is Cc1cc(Oc2cccc(Br)c2C(N)=S)ccc1Cl. The van der Waals surface area contributed by atoms with Gasteiger partial charge in [0.05, 0.1) is 5.56 Å². The van der Waals surface area contributed by atoms with Crippen LogP contribution < -0.4 is 10.5 Å². The molecule has 2 nitrogen and oxygen atoms in total. The first-order valence-corrected chi connectivity index (χ1v) is 7.09. The van der Waals surface area contributed by atoms with E-state index >= 15 is 0 Å². The highest BCUT2D eigenvalue weighted by Gasteiger charge is 2.11. The van der Waals surface area contributed by atoms with Crippen molar-refractivity contribution >= 4 is 44.7 Å². The van der Waals surface area contributed by atoms with Crippen LogP contribution in [-0.2, 0) is 0 Å². The first kappa shape index (κ1) is 14.3. The minimum atomic E-state index is 0.285. The number of halogens is 2. The molecular formula is C14H11BrClNOS. The number of benzene rings is 2. The second-order valence-electron chi connectivity index (χ2n) is 3.99. The number of hydrogen-bond donors (Lipinski definition) is 1. The van der Waals surface area contributed by atoms with E-state index in [1.165, 1.54) is 0 Å². The normalized spacial score (nSPS) is 10.3. The Balaban J connectivity index is 2.40. The minimum absolute atomic E-state index is 0.285. The maximum atomic E-state index is 5.99. The Morgan fingerprint density at radius 2 is 2.05 bits per heavy atom.